The van der Waals surface area contributed by atoms with Crippen molar-refractivity contribution in [1.29, 1.82) is 0 Å². The number of hydrogen-bond donors (Lipinski definition) is 1. The van der Waals surface area contributed by atoms with Gasteiger partial charge in [-0.2, -0.15) is 0 Å². The largest absolute Gasteiger partial charge is 0.400 e. The molecule has 48 valence electrons. The van der Waals surface area contributed by atoms with Crippen LogP contribution in [0.2, 0.25) is 5.02 Å². The van der Waals surface area contributed by atoms with Gasteiger partial charge in [-0.15, -0.1) is 0 Å². The molecule has 0 amide bonds. The molecule has 1 aromatic carbocycles. The molecule has 0 saturated carbocycles. The van der Waals surface area contributed by atoms with Gasteiger partial charge in [-0.1, -0.05) is 34.1 Å². The Balaban J connectivity index is 3.46. The van der Waals surface area contributed by atoms with E-state index in [0.717, 1.165) is 0 Å². The number of rotatable bonds is 0. The van der Waals surface area contributed by atoms with Crippen molar-refractivity contribution < 1.29 is 0 Å². The molecule has 5 heteroatoms. The zero-order chi connectivity index (χ0) is 8.59. The third-order valence-corrected chi connectivity index (χ3v) is 1.82. The Morgan fingerprint density at radius 1 is 1.18 bits per heavy atom. The highest BCUT2D eigenvalue weighted by Crippen LogP contribution is 2.01. The normalized spacial score (nSPS) is 9.91. The minimum atomic E-state index is 0.240. The standard InChI is InChI=1S/C6H3B3ClN/c7-2-1-3(8)6(11)4(9)5(2)10/h1H,11H2. The van der Waals surface area contributed by atoms with E-state index < -0.39 is 0 Å². The van der Waals surface area contributed by atoms with Gasteiger partial charge >= 0.3 is 0 Å². The molecule has 0 aliphatic rings. The Morgan fingerprint density at radius 2 is 1.73 bits per heavy atom. The van der Waals surface area contributed by atoms with Crippen LogP contribution in [0.1, 0.15) is 0 Å². The molecule has 0 aliphatic heterocycles. The van der Waals surface area contributed by atoms with Crippen LogP contribution in [-0.4, -0.2) is 23.5 Å². The van der Waals surface area contributed by atoms with Crippen LogP contribution in [0.15, 0.2) is 6.07 Å². The van der Waals surface area contributed by atoms with Gasteiger partial charge in [-0.3, -0.25) is 0 Å². The second-order valence-electron chi connectivity index (χ2n) is 2.20. The van der Waals surface area contributed by atoms with Crippen LogP contribution in [0.3, 0.4) is 0 Å². The molecule has 0 fully saturated rings. The molecule has 6 radical (unpaired) electrons. The second kappa shape index (κ2) is 2.86. The molecule has 0 heterocycles. The summed E-state index contributed by atoms with van der Waals surface area (Å²) in [6, 6.07) is 1.48. The van der Waals surface area contributed by atoms with Crippen LogP contribution in [0, 0.1) is 0 Å². The molecule has 0 bridgehead atoms. The quantitative estimate of drug-likeness (QED) is 0.352. The molecular formula is C6H3B3ClN. The van der Waals surface area contributed by atoms with Crippen LogP contribution in [-0.2, 0) is 0 Å². The fraction of sp³-hybridized carbons (Fsp3) is 0. The summed E-state index contributed by atoms with van der Waals surface area (Å²) in [5, 5.41) is 0.261. The number of halogens is 1. The summed E-state index contributed by atoms with van der Waals surface area (Å²) in [5.74, 6) is 0. The Kier molecular flexibility index (Phi) is 2.24. The fourth-order valence-corrected chi connectivity index (χ4v) is 0.894. The van der Waals surface area contributed by atoms with Crippen molar-refractivity contribution >= 4 is 57.2 Å². The first kappa shape index (κ1) is 8.60. The van der Waals surface area contributed by atoms with E-state index in [1.54, 1.807) is 0 Å². The number of nitrogen functional groups attached to an aromatic ring is 1. The Labute approximate surface area is 74.5 Å². The Hall–Kier alpha value is -0.495. The van der Waals surface area contributed by atoms with E-state index in [2.05, 4.69) is 0 Å². The van der Waals surface area contributed by atoms with Crippen molar-refractivity contribution in [1.82, 2.24) is 0 Å². The first-order chi connectivity index (χ1) is 5.04. The molecule has 0 atom stereocenters. The second-order valence-corrected chi connectivity index (χ2v) is 2.57. The molecule has 0 saturated heterocycles. The summed E-state index contributed by atoms with van der Waals surface area (Å²) in [5.41, 5.74) is 6.68. The lowest BCUT2D eigenvalue weighted by Crippen LogP contribution is -2.29. The van der Waals surface area contributed by atoms with E-state index in [1.165, 1.54) is 6.07 Å². The van der Waals surface area contributed by atoms with Crippen LogP contribution in [0.5, 0.6) is 0 Å². The molecule has 0 aromatic heterocycles. The first-order valence-corrected chi connectivity index (χ1v) is 3.30. The van der Waals surface area contributed by atoms with E-state index in [-0.39, 0.29) is 16.2 Å². The van der Waals surface area contributed by atoms with E-state index in [1.807, 2.05) is 0 Å². The summed E-state index contributed by atoms with van der Waals surface area (Å²) in [7, 11) is 16.4. The third kappa shape index (κ3) is 1.41. The monoisotopic (exact) mass is 157 g/mol. The highest BCUT2D eigenvalue weighted by Gasteiger charge is 2.03. The van der Waals surface area contributed by atoms with E-state index >= 15 is 0 Å². The minimum Gasteiger partial charge on any atom is -0.400 e. The van der Waals surface area contributed by atoms with Gasteiger partial charge < -0.3 is 5.73 Å². The number of anilines is 1. The smallest absolute Gasteiger partial charge is 0.118 e. The van der Waals surface area contributed by atoms with E-state index in [9.17, 15) is 0 Å². The van der Waals surface area contributed by atoms with Gasteiger partial charge in [0.2, 0.25) is 0 Å². The van der Waals surface area contributed by atoms with Crippen molar-refractivity contribution in [2.45, 2.75) is 0 Å². The number of nitrogens with two attached hydrogens (primary N) is 1. The minimum absolute atomic E-state index is 0.240. The van der Waals surface area contributed by atoms with Crippen molar-refractivity contribution in [2.24, 2.45) is 0 Å². The van der Waals surface area contributed by atoms with E-state index in [4.69, 9.17) is 40.9 Å². The SMILES string of the molecule is [B]c1cc([B])c(Cl)c([B])c1N. The molecule has 0 spiro atoms. The zero-order valence-electron chi connectivity index (χ0n) is 5.76. The molecular weight excluding hydrogens is 154 g/mol. The van der Waals surface area contributed by atoms with Gasteiger partial charge in [0.05, 0.1) is 0 Å². The van der Waals surface area contributed by atoms with Gasteiger partial charge in [0.25, 0.3) is 0 Å². The van der Waals surface area contributed by atoms with Crippen molar-refractivity contribution in [3.8, 4) is 0 Å². The van der Waals surface area contributed by atoms with Crippen molar-refractivity contribution in [3.05, 3.63) is 11.1 Å². The maximum absolute atomic E-state index is 5.67. The number of benzene rings is 1. The maximum Gasteiger partial charge on any atom is 0.118 e. The zero-order valence-corrected chi connectivity index (χ0v) is 6.52. The maximum atomic E-state index is 5.67. The first-order valence-electron chi connectivity index (χ1n) is 2.92. The highest BCUT2D eigenvalue weighted by molar-refractivity contribution is 6.56. The molecule has 1 nitrogen and oxygen atoms in total. The predicted molar refractivity (Wildman–Crippen MR) is 52.0 cm³/mol. The van der Waals surface area contributed by atoms with Crippen molar-refractivity contribution in [3.63, 3.8) is 0 Å². The predicted octanol–water partition coefficient (Wildman–Crippen LogP) is -1.70. The highest BCUT2D eigenvalue weighted by atomic mass is 35.5. The van der Waals surface area contributed by atoms with Crippen LogP contribution in [0.4, 0.5) is 5.69 Å². The summed E-state index contributed by atoms with van der Waals surface area (Å²) in [6.07, 6.45) is 0. The van der Waals surface area contributed by atoms with Gasteiger partial charge in [0.15, 0.2) is 0 Å². The lowest BCUT2D eigenvalue weighted by Gasteiger charge is -2.09. The van der Waals surface area contributed by atoms with Crippen molar-refractivity contribution in [2.75, 3.05) is 5.73 Å². The summed E-state index contributed by atoms with van der Waals surface area (Å²) < 4.78 is 0. The molecule has 1 rings (SSSR count). The third-order valence-electron chi connectivity index (χ3n) is 1.40. The molecule has 0 aliphatic carbocycles. The van der Waals surface area contributed by atoms with Gasteiger partial charge in [0, 0.05) is 10.7 Å². The molecule has 11 heavy (non-hydrogen) atoms. The Morgan fingerprint density at radius 3 is 2.27 bits per heavy atom. The van der Waals surface area contributed by atoms with Crippen LogP contribution >= 0.6 is 11.6 Å². The van der Waals surface area contributed by atoms with Gasteiger partial charge in [0.1, 0.15) is 23.5 Å². The average Bonchev–Trinajstić information content (AvgIpc) is 1.97. The topological polar surface area (TPSA) is 26.0 Å². The molecule has 2 N–H and O–H groups in total. The van der Waals surface area contributed by atoms with E-state index in [0.29, 0.717) is 10.9 Å². The van der Waals surface area contributed by atoms with Gasteiger partial charge in [-0.25, -0.2) is 0 Å². The van der Waals surface area contributed by atoms with Crippen LogP contribution in [0.25, 0.3) is 0 Å². The van der Waals surface area contributed by atoms with Gasteiger partial charge in [-0.05, 0) is 0 Å². The number of hydrogen-bond acceptors (Lipinski definition) is 1. The van der Waals surface area contributed by atoms with Crippen LogP contribution < -0.4 is 22.1 Å². The molecule has 1 aromatic rings. The summed E-state index contributed by atoms with van der Waals surface area (Å²) >= 11 is 5.67. The molecule has 0 unspecified atom stereocenters. The average molecular weight is 157 g/mol. The fourth-order valence-electron chi connectivity index (χ4n) is 0.738. The summed E-state index contributed by atoms with van der Waals surface area (Å²) in [6.45, 7) is 0. The lowest BCUT2D eigenvalue weighted by atomic mass is 9.79. The summed E-state index contributed by atoms with van der Waals surface area (Å²) in [4.78, 5) is 0. The lowest BCUT2D eigenvalue weighted by molar-refractivity contribution is 1.85. The Bertz CT molecular complexity index is 274.